The minimum atomic E-state index is 0.241. The van der Waals surface area contributed by atoms with Crippen LogP contribution in [0.25, 0.3) is 0 Å². The van der Waals surface area contributed by atoms with Crippen LogP contribution in [0.4, 0.5) is 0 Å². The second-order valence-corrected chi connectivity index (χ2v) is 6.16. The lowest BCUT2D eigenvalue weighted by Gasteiger charge is -2.32. The summed E-state index contributed by atoms with van der Waals surface area (Å²) in [5, 5.41) is 0.780. The molecular formula is C14H19ClN2OS. The van der Waals surface area contributed by atoms with Crippen molar-refractivity contribution in [2.45, 2.75) is 5.75 Å². The number of thioether (sulfide) groups is 1. The zero-order valence-electron chi connectivity index (χ0n) is 11.1. The molecule has 1 heterocycles. The highest BCUT2D eigenvalue weighted by atomic mass is 35.5. The van der Waals surface area contributed by atoms with Gasteiger partial charge in [0, 0.05) is 37.0 Å². The van der Waals surface area contributed by atoms with Gasteiger partial charge in [-0.2, -0.15) is 0 Å². The summed E-state index contributed by atoms with van der Waals surface area (Å²) in [6.07, 6.45) is 0. The average Bonchev–Trinajstić information content (AvgIpc) is 2.41. The normalized spacial score (nSPS) is 16.6. The van der Waals surface area contributed by atoms with Gasteiger partial charge in [0.05, 0.1) is 5.75 Å². The molecule has 104 valence electrons. The van der Waals surface area contributed by atoms with E-state index < -0.39 is 0 Å². The van der Waals surface area contributed by atoms with Crippen LogP contribution in [0, 0.1) is 0 Å². The molecular weight excluding hydrogens is 280 g/mol. The van der Waals surface area contributed by atoms with E-state index in [1.165, 1.54) is 0 Å². The fourth-order valence-corrected chi connectivity index (χ4v) is 3.22. The van der Waals surface area contributed by atoms with Crippen LogP contribution in [0.15, 0.2) is 24.3 Å². The summed E-state index contributed by atoms with van der Waals surface area (Å²) < 4.78 is 0. The van der Waals surface area contributed by atoms with Gasteiger partial charge in [0.15, 0.2) is 0 Å². The maximum absolute atomic E-state index is 12.0. The van der Waals surface area contributed by atoms with Gasteiger partial charge in [0.25, 0.3) is 0 Å². The lowest BCUT2D eigenvalue weighted by atomic mass is 10.2. The molecule has 0 unspecified atom stereocenters. The number of piperazine rings is 1. The van der Waals surface area contributed by atoms with Crippen LogP contribution in [-0.4, -0.2) is 54.7 Å². The molecule has 19 heavy (non-hydrogen) atoms. The molecule has 1 aromatic rings. The number of carbonyl (C=O) groups is 1. The lowest BCUT2D eigenvalue weighted by Crippen LogP contribution is -2.47. The number of rotatable bonds is 4. The van der Waals surface area contributed by atoms with Crippen molar-refractivity contribution in [2.24, 2.45) is 0 Å². The Labute approximate surface area is 123 Å². The zero-order chi connectivity index (χ0) is 13.7. The van der Waals surface area contributed by atoms with Crippen LogP contribution < -0.4 is 0 Å². The first-order valence-electron chi connectivity index (χ1n) is 6.44. The zero-order valence-corrected chi connectivity index (χ0v) is 12.7. The fraction of sp³-hybridized carbons (Fsp3) is 0.500. The van der Waals surface area contributed by atoms with Crippen LogP contribution in [0.3, 0.4) is 0 Å². The van der Waals surface area contributed by atoms with Crippen molar-refractivity contribution in [3.8, 4) is 0 Å². The molecule has 0 aromatic heterocycles. The highest BCUT2D eigenvalue weighted by Crippen LogP contribution is 2.21. The highest BCUT2D eigenvalue weighted by molar-refractivity contribution is 7.99. The quantitative estimate of drug-likeness (QED) is 0.852. The molecule has 1 amide bonds. The number of halogens is 1. The van der Waals surface area contributed by atoms with E-state index >= 15 is 0 Å². The van der Waals surface area contributed by atoms with Crippen molar-refractivity contribution in [1.82, 2.24) is 9.80 Å². The molecule has 1 saturated heterocycles. The molecule has 1 fully saturated rings. The van der Waals surface area contributed by atoms with Gasteiger partial charge in [0.1, 0.15) is 0 Å². The van der Waals surface area contributed by atoms with Gasteiger partial charge in [0.2, 0.25) is 5.91 Å². The molecule has 0 radical (unpaired) electrons. The average molecular weight is 299 g/mol. The SMILES string of the molecule is CN1CCN(C(=O)CSCc2ccccc2Cl)CC1. The second kappa shape index (κ2) is 7.17. The number of hydrogen-bond donors (Lipinski definition) is 0. The van der Waals surface area contributed by atoms with Gasteiger partial charge in [-0.1, -0.05) is 29.8 Å². The van der Waals surface area contributed by atoms with E-state index in [1.807, 2.05) is 29.2 Å². The molecule has 0 N–H and O–H groups in total. The van der Waals surface area contributed by atoms with E-state index in [1.54, 1.807) is 11.8 Å². The highest BCUT2D eigenvalue weighted by Gasteiger charge is 2.18. The minimum Gasteiger partial charge on any atom is -0.339 e. The maximum Gasteiger partial charge on any atom is 0.232 e. The third-order valence-corrected chi connectivity index (χ3v) is 4.63. The largest absolute Gasteiger partial charge is 0.339 e. The van der Waals surface area contributed by atoms with Crippen molar-refractivity contribution in [3.63, 3.8) is 0 Å². The molecule has 2 rings (SSSR count). The Bertz CT molecular complexity index is 433. The van der Waals surface area contributed by atoms with Crippen molar-refractivity contribution in [3.05, 3.63) is 34.9 Å². The van der Waals surface area contributed by atoms with E-state index in [-0.39, 0.29) is 5.91 Å². The molecule has 1 aliphatic heterocycles. The third kappa shape index (κ3) is 4.41. The van der Waals surface area contributed by atoms with Gasteiger partial charge in [-0.3, -0.25) is 4.79 Å². The number of hydrogen-bond acceptors (Lipinski definition) is 3. The summed E-state index contributed by atoms with van der Waals surface area (Å²) in [6, 6.07) is 7.80. The van der Waals surface area contributed by atoms with E-state index in [9.17, 15) is 4.79 Å². The Morgan fingerprint density at radius 2 is 1.95 bits per heavy atom. The Kier molecular flexibility index (Phi) is 5.55. The summed E-state index contributed by atoms with van der Waals surface area (Å²) in [5.41, 5.74) is 1.10. The van der Waals surface area contributed by atoms with E-state index in [2.05, 4.69) is 11.9 Å². The molecule has 0 saturated carbocycles. The number of amides is 1. The summed E-state index contributed by atoms with van der Waals surface area (Å²) in [4.78, 5) is 16.2. The van der Waals surface area contributed by atoms with E-state index in [0.29, 0.717) is 5.75 Å². The molecule has 1 aromatic carbocycles. The first kappa shape index (κ1) is 14.7. The van der Waals surface area contributed by atoms with Crippen molar-refractivity contribution in [1.29, 1.82) is 0 Å². The summed E-state index contributed by atoms with van der Waals surface area (Å²) in [7, 11) is 2.09. The van der Waals surface area contributed by atoms with Crippen LogP contribution >= 0.6 is 23.4 Å². The first-order chi connectivity index (χ1) is 9.16. The van der Waals surface area contributed by atoms with Crippen molar-refractivity contribution >= 4 is 29.3 Å². The fourth-order valence-electron chi connectivity index (χ4n) is 2.01. The van der Waals surface area contributed by atoms with Gasteiger partial charge in [-0.15, -0.1) is 11.8 Å². The van der Waals surface area contributed by atoms with Gasteiger partial charge in [-0.05, 0) is 18.7 Å². The number of carbonyl (C=O) groups excluding carboxylic acids is 1. The van der Waals surface area contributed by atoms with E-state index in [4.69, 9.17) is 11.6 Å². The summed E-state index contributed by atoms with van der Waals surface area (Å²) >= 11 is 7.72. The summed E-state index contributed by atoms with van der Waals surface area (Å²) in [5.74, 6) is 1.57. The van der Waals surface area contributed by atoms with Crippen LogP contribution in [0.1, 0.15) is 5.56 Å². The lowest BCUT2D eigenvalue weighted by molar-refractivity contribution is -0.129. The molecule has 0 atom stereocenters. The van der Waals surface area contributed by atoms with Crippen molar-refractivity contribution in [2.75, 3.05) is 39.0 Å². The van der Waals surface area contributed by atoms with Gasteiger partial charge in [-0.25, -0.2) is 0 Å². The second-order valence-electron chi connectivity index (χ2n) is 4.77. The Hall–Kier alpha value is -0.710. The summed E-state index contributed by atoms with van der Waals surface area (Å²) in [6.45, 7) is 3.64. The monoisotopic (exact) mass is 298 g/mol. The smallest absolute Gasteiger partial charge is 0.232 e. The number of likely N-dealkylation sites (N-methyl/N-ethyl adjacent to an activating group) is 1. The van der Waals surface area contributed by atoms with Gasteiger partial charge < -0.3 is 9.80 Å². The van der Waals surface area contributed by atoms with E-state index in [0.717, 1.165) is 42.5 Å². The van der Waals surface area contributed by atoms with Crippen molar-refractivity contribution < 1.29 is 4.79 Å². The molecule has 3 nitrogen and oxygen atoms in total. The standard InChI is InChI=1S/C14H19ClN2OS/c1-16-6-8-17(9-7-16)14(18)11-19-10-12-4-2-3-5-13(12)15/h2-5H,6-11H2,1H3. The topological polar surface area (TPSA) is 23.6 Å². The molecule has 0 aliphatic carbocycles. The predicted molar refractivity (Wildman–Crippen MR) is 81.7 cm³/mol. The Morgan fingerprint density at radius 3 is 2.63 bits per heavy atom. The third-order valence-electron chi connectivity index (χ3n) is 3.30. The predicted octanol–water partition coefficient (Wildman–Crippen LogP) is 2.35. The molecule has 0 bridgehead atoms. The molecule has 0 spiro atoms. The Morgan fingerprint density at radius 1 is 1.26 bits per heavy atom. The Balaban J connectivity index is 1.74. The first-order valence-corrected chi connectivity index (χ1v) is 7.97. The minimum absolute atomic E-state index is 0.241. The van der Waals surface area contributed by atoms with Gasteiger partial charge >= 0.3 is 0 Å². The van der Waals surface area contributed by atoms with Crippen LogP contribution in [-0.2, 0) is 10.5 Å². The number of nitrogens with zero attached hydrogens (tertiary/aromatic N) is 2. The van der Waals surface area contributed by atoms with Crippen LogP contribution in [0.5, 0.6) is 0 Å². The molecule has 1 aliphatic rings. The number of benzene rings is 1. The molecule has 5 heteroatoms. The van der Waals surface area contributed by atoms with Crippen LogP contribution in [0.2, 0.25) is 5.02 Å². The maximum atomic E-state index is 12.0.